The summed E-state index contributed by atoms with van der Waals surface area (Å²) in [7, 11) is 0. The molecule has 1 nitrogen and oxygen atoms in total. The van der Waals surface area contributed by atoms with Gasteiger partial charge in [-0.05, 0) is 53.8 Å². The summed E-state index contributed by atoms with van der Waals surface area (Å²) in [5, 5.41) is 4.09. The molecule has 0 N–H and O–H groups in total. The summed E-state index contributed by atoms with van der Waals surface area (Å²) in [6.45, 7) is 2.22. The third kappa shape index (κ3) is 3.00. The smallest absolute Gasteiger partial charge is 0.185 e. The molecular weight excluding hydrogens is 284 g/mol. The maximum absolute atomic E-state index is 12.6. The number of rotatable bonds is 2. The summed E-state index contributed by atoms with van der Waals surface area (Å²) in [4.78, 5) is 14.9. The van der Waals surface area contributed by atoms with Crippen molar-refractivity contribution < 1.29 is 4.79 Å². The van der Waals surface area contributed by atoms with E-state index < -0.39 is 0 Å². The Bertz CT molecular complexity index is 589. The van der Waals surface area contributed by atoms with Crippen LogP contribution in [0.15, 0.2) is 46.2 Å². The van der Waals surface area contributed by atoms with E-state index in [0.717, 1.165) is 33.7 Å². The van der Waals surface area contributed by atoms with Gasteiger partial charge in [-0.15, -0.1) is 22.7 Å². The highest BCUT2D eigenvalue weighted by Gasteiger charge is 2.25. The average molecular weight is 300 g/mol. The van der Waals surface area contributed by atoms with Gasteiger partial charge in [0.05, 0.1) is 0 Å². The van der Waals surface area contributed by atoms with Crippen molar-refractivity contribution in [2.75, 3.05) is 0 Å². The number of carbonyl (C=O) groups is 1. The van der Waals surface area contributed by atoms with Crippen LogP contribution in [0.5, 0.6) is 0 Å². The molecule has 0 amide bonds. The second kappa shape index (κ2) is 5.90. The van der Waals surface area contributed by atoms with Crippen molar-refractivity contribution in [3.05, 3.63) is 55.9 Å². The first kappa shape index (κ1) is 13.5. The van der Waals surface area contributed by atoms with Crippen molar-refractivity contribution in [3.63, 3.8) is 0 Å². The molecule has 0 saturated heterocycles. The minimum atomic E-state index is 0.227. The summed E-state index contributed by atoms with van der Waals surface area (Å²) in [6.07, 6.45) is 5.90. The van der Waals surface area contributed by atoms with Gasteiger partial charge in [0.25, 0.3) is 0 Å². The summed E-state index contributed by atoms with van der Waals surface area (Å²) in [5.74, 6) is 0.759. The van der Waals surface area contributed by atoms with E-state index in [1.54, 1.807) is 22.7 Å². The Labute approximate surface area is 127 Å². The van der Waals surface area contributed by atoms with Crippen molar-refractivity contribution in [3.8, 4) is 0 Å². The van der Waals surface area contributed by atoms with Gasteiger partial charge in [0.15, 0.2) is 5.78 Å². The van der Waals surface area contributed by atoms with E-state index >= 15 is 0 Å². The van der Waals surface area contributed by atoms with Crippen LogP contribution >= 0.6 is 22.7 Å². The number of hydrogen-bond donors (Lipinski definition) is 0. The van der Waals surface area contributed by atoms with Crippen LogP contribution in [0.1, 0.15) is 29.5 Å². The van der Waals surface area contributed by atoms with Gasteiger partial charge in [-0.2, -0.15) is 0 Å². The molecule has 3 heteroatoms. The van der Waals surface area contributed by atoms with Crippen molar-refractivity contribution in [2.45, 2.75) is 19.8 Å². The average Bonchev–Trinajstić information content (AvgIpc) is 3.08. The molecule has 0 bridgehead atoms. The number of hydrogen-bond acceptors (Lipinski definition) is 3. The molecule has 2 aromatic rings. The zero-order valence-electron chi connectivity index (χ0n) is 11.3. The molecule has 1 aliphatic carbocycles. The van der Waals surface area contributed by atoms with E-state index in [-0.39, 0.29) is 5.78 Å². The van der Waals surface area contributed by atoms with E-state index in [1.807, 2.05) is 22.9 Å². The molecular formula is C17H16OS2. The van der Waals surface area contributed by atoms with Gasteiger partial charge in [-0.3, -0.25) is 4.79 Å². The van der Waals surface area contributed by atoms with Gasteiger partial charge >= 0.3 is 0 Å². The van der Waals surface area contributed by atoms with Crippen molar-refractivity contribution in [1.82, 2.24) is 0 Å². The molecule has 20 heavy (non-hydrogen) atoms. The van der Waals surface area contributed by atoms with Crippen LogP contribution in [0, 0.1) is 5.92 Å². The monoisotopic (exact) mass is 300 g/mol. The summed E-state index contributed by atoms with van der Waals surface area (Å²) >= 11 is 3.36. The van der Waals surface area contributed by atoms with Gasteiger partial charge in [0.1, 0.15) is 0 Å². The van der Waals surface area contributed by atoms with Crippen LogP contribution in [0.25, 0.3) is 12.2 Å². The molecule has 0 aliphatic heterocycles. The van der Waals surface area contributed by atoms with Gasteiger partial charge in [-0.25, -0.2) is 0 Å². The fourth-order valence-electron chi connectivity index (χ4n) is 2.55. The molecule has 0 spiro atoms. The first-order valence-corrected chi connectivity index (χ1v) is 8.51. The molecule has 0 unspecified atom stereocenters. The highest BCUT2D eigenvalue weighted by Crippen LogP contribution is 2.33. The Kier molecular flexibility index (Phi) is 3.99. The number of ketones is 1. The summed E-state index contributed by atoms with van der Waals surface area (Å²) in [5.41, 5.74) is 1.91. The number of carbonyl (C=O) groups excluding carboxylic acids is 1. The molecule has 1 aliphatic rings. The van der Waals surface area contributed by atoms with E-state index in [0.29, 0.717) is 5.92 Å². The second-order valence-corrected chi connectivity index (χ2v) is 7.17. The summed E-state index contributed by atoms with van der Waals surface area (Å²) in [6, 6.07) is 8.17. The molecule has 1 fully saturated rings. The Morgan fingerprint density at radius 2 is 1.50 bits per heavy atom. The lowest BCUT2D eigenvalue weighted by molar-refractivity contribution is -0.113. The first-order valence-electron chi connectivity index (χ1n) is 6.75. The minimum absolute atomic E-state index is 0.227. The molecule has 102 valence electrons. The maximum Gasteiger partial charge on any atom is 0.185 e. The molecule has 2 heterocycles. The predicted molar refractivity (Wildman–Crippen MR) is 88.0 cm³/mol. The topological polar surface area (TPSA) is 17.1 Å². The van der Waals surface area contributed by atoms with Crippen LogP contribution < -0.4 is 0 Å². The highest BCUT2D eigenvalue weighted by molar-refractivity contribution is 7.11. The normalized spacial score (nSPS) is 23.6. The van der Waals surface area contributed by atoms with E-state index in [2.05, 4.69) is 31.2 Å². The largest absolute Gasteiger partial charge is 0.289 e. The quantitative estimate of drug-likeness (QED) is 0.690. The lowest BCUT2D eigenvalue weighted by Gasteiger charge is -2.22. The molecule has 2 aromatic heterocycles. The number of allylic oxidation sites excluding steroid dienone is 2. The van der Waals surface area contributed by atoms with Crippen LogP contribution in [0.4, 0.5) is 0 Å². The number of Topliss-reactive ketones (excluding diaryl/α,β-unsaturated/α-hetero) is 1. The standard InChI is InChI=1S/C17H16OS2/c1-12-8-13(10-15-4-2-6-19-15)17(18)14(9-12)11-16-5-3-7-20-16/h2-7,10-12H,8-9H2,1H3. The zero-order valence-corrected chi connectivity index (χ0v) is 13.0. The van der Waals surface area contributed by atoms with Crippen LogP contribution in [-0.4, -0.2) is 5.78 Å². The second-order valence-electron chi connectivity index (χ2n) is 5.21. The first-order chi connectivity index (χ1) is 9.72. The summed E-state index contributed by atoms with van der Waals surface area (Å²) < 4.78 is 0. The van der Waals surface area contributed by atoms with Gasteiger partial charge in [0.2, 0.25) is 0 Å². The van der Waals surface area contributed by atoms with Crippen LogP contribution in [-0.2, 0) is 4.79 Å². The van der Waals surface area contributed by atoms with E-state index in [4.69, 9.17) is 0 Å². The SMILES string of the molecule is CC1CC(=Cc2cccs2)C(=O)C(=Cc2cccs2)C1. The Morgan fingerprint density at radius 1 is 1.00 bits per heavy atom. The molecule has 3 rings (SSSR count). The van der Waals surface area contributed by atoms with Crippen LogP contribution in [0.3, 0.4) is 0 Å². The Hall–Kier alpha value is -1.45. The van der Waals surface area contributed by atoms with E-state index in [1.165, 1.54) is 0 Å². The lowest BCUT2D eigenvalue weighted by Crippen LogP contribution is -2.17. The minimum Gasteiger partial charge on any atom is -0.289 e. The van der Waals surface area contributed by atoms with E-state index in [9.17, 15) is 4.79 Å². The van der Waals surface area contributed by atoms with Gasteiger partial charge < -0.3 is 0 Å². The van der Waals surface area contributed by atoms with Gasteiger partial charge in [-0.1, -0.05) is 19.1 Å². The van der Waals surface area contributed by atoms with Gasteiger partial charge in [0, 0.05) is 20.9 Å². The van der Waals surface area contributed by atoms with Crippen LogP contribution in [0.2, 0.25) is 0 Å². The van der Waals surface area contributed by atoms with Crippen molar-refractivity contribution in [1.29, 1.82) is 0 Å². The number of thiophene rings is 2. The molecule has 0 aromatic carbocycles. The van der Waals surface area contributed by atoms with Crippen molar-refractivity contribution >= 4 is 40.6 Å². The fourth-order valence-corrected chi connectivity index (χ4v) is 3.92. The molecule has 0 atom stereocenters. The lowest BCUT2D eigenvalue weighted by atomic mass is 9.81. The maximum atomic E-state index is 12.6. The molecule has 0 radical (unpaired) electrons. The predicted octanol–water partition coefficient (Wildman–Crippen LogP) is 5.28. The zero-order chi connectivity index (χ0) is 13.9. The Morgan fingerprint density at radius 3 is 1.90 bits per heavy atom. The third-order valence-electron chi connectivity index (χ3n) is 3.44. The van der Waals surface area contributed by atoms with Crippen molar-refractivity contribution in [2.24, 2.45) is 5.92 Å². The third-order valence-corrected chi connectivity index (χ3v) is 5.08. The highest BCUT2D eigenvalue weighted by atomic mass is 32.1. The Balaban J connectivity index is 1.92. The molecule has 1 saturated carbocycles. The fraction of sp³-hybridized carbons (Fsp3) is 0.235.